The van der Waals surface area contributed by atoms with Gasteiger partial charge in [-0.25, -0.2) is 0 Å². The smallest absolute Gasteiger partial charge is 0.283 e. The molecule has 0 amide bonds. The van der Waals surface area contributed by atoms with Crippen molar-refractivity contribution in [3.63, 3.8) is 0 Å². The van der Waals surface area contributed by atoms with Gasteiger partial charge in [-0.2, -0.15) is 0 Å². The Morgan fingerprint density at radius 2 is 2.18 bits per heavy atom. The molecule has 2 fully saturated rings. The number of rotatable bonds is 0. The second kappa shape index (κ2) is 2.73. The molecular formula is C8H14O3. The van der Waals surface area contributed by atoms with E-state index in [0.717, 1.165) is 25.9 Å². The molecule has 0 radical (unpaired) electrons. The molecule has 0 aromatic rings. The summed E-state index contributed by atoms with van der Waals surface area (Å²) >= 11 is 0. The van der Waals surface area contributed by atoms with Crippen LogP contribution in [0.2, 0.25) is 0 Å². The van der Waals surface area contributed by atoms with Crippen LogP contribution in [0.5, 0.6) is 0 Å². The van der Waals surface area contributed by atoms with Crippen molar-refractivity contribution >= 4 is 0 Å². The van der Waals surface area contributed by atoms with Crippen LogP contribution in [0.15, 0.2) is 0 Å². The van der Waals surface area contributed by atoms with Gasteiger partial charge in [0, 0.05) is 6.42 Å². The molecular weight excluding hydrogens is 144 g/mol. The van der Waals surface area contributed by atoms with E-state index in [-0.39, 0.29) is 6.10 Å². The standard InChI is InChI=1S/C8H14O3/c1-7-6-10-8(11-7)4-2-3-5-9-8/h7H,2-6H2,1H3. The molecule has 2 heterocycles. The van der Waals surface area contributed by atoms with Gasteiger partial charge in [-0.05, 0) is 19.8 Å². The third-order valence-corrected chi connectivity index (χ3v) is 2.12. The Kier molecular flexibility index (Phi) is 1.87. The Morgan fingerprint density at radius 3 is 2.73 bits per heavy atom. The van der Waals surface area contributed by atoms with Crippen molar-refractivity contribution in [3.05, 3.63) is 0 Å². The van der Waals surface area contributed by atoms with Crippen LogP contribution in [0.1, 0.15) is 26.2 Å². The highest BCUT2D eigenvalue weighted by molar-refractivity contribution is 4.71. The quantitative estimate of drug-likeness (QED) is 0.531. The van der Waals surface area contributed by atoms with E-state index in [0.29, 0.717) is 6.61 Å². The van der Waals surface area contributed by atoms with Gasteiger partial charge in [0.05, 0.1) is 19.3 Å². The van der Waals surface area contributed by atoms with Crippen LogP contribution in [0.25, 0.3) is 0 Å². The normalized spacial score (nSPS) is 45.0. The predicted molar refractivity (Wildman–Crippen MR) is 39.0 cm³/mol. The summed E-state index contributed by atoms with van der Waals surface area (Å²) in [5.74, 6) is -0.655. The molecule has 2 saturated heterocycles. The van der Waals surface area contributed by atoms with E-state index in [9.17, 15) is 0 Å². The van der Waals surface area contributed by atoms with Crippen LogP contribution < -0.4 is 0 Å². The maximum absolute atomic E-state index is 5.55. The van der Waals surface area contributed by atoms with E-state index < -0.39 is 5.97 Å². The van der Waals surface area contributed by atoms with Gasteiger partial charge in [-0.15, -0.1) is 0 Å². The van der Waals surface area contributed by atoms with Gasteiger partial charge in [0.25, 0.3) is 5.97 Å². The minimum atomic E-state index is -0.655. The van der Waals surface area contributed by atoms with Crippen LogP contribution in [0.3, 0.4) is 0 Å². The first-order chi connectivity index (χ1) is 5.31. The van der Waals surface area contributed by atoms with Crippen molar-refractivity contribution in [1.82, 2.24) is 0 Å². The minimum absolute atomic E-state index is 0.188. The second-order valence-corrected chi connectivity index (χ2v) is 3.23. The first-order valence-electron chi connectivity index (χ1n) is 4.26. The summed E-state index contributed by atoms with van der Waals surface area (Å²) in [5.41, 5.74) is 0. The fraction of sp³-hybridized carbons (Fsp3) is 1.00. The van der Waals surface area contributed by atoms with Gasteiger partial charge in [0.1, 0.15) is 0 Å². The fourth-order valence-electron chi connectivity index (χ4n) is 1.57. The van der Waals surface area contributed by atoms with E-state index in [4.69, 9.17) is 14.2 Å². The molecule has 11 heavy (non-hydrogen) atoms. The van der Waals surface area contributed by atoms with Crippen molar-refractivity contribution in [2.24, 2.45) is 0 Å². The minimum Gasteiger partial charge on any atom is -0.327 e. The van der Waals surface area contributed by atoms with Crippen LogP contribution in [-0.4, -0.2) is 25.3 Å². The molecule has 2 unspecified atom stereocenters. The van der Waals surface area contributed by atoms with Gasteiger partial charge >= 0.3 is 0 Å². The largest absolute Gasteiger partial charge is 0.327 e. The van der Waals surface area contributed by atoms with Gasteiger partial charge in [-0.1, -0.05) is 0 Å². The van der Waals surface area contributed by atoms with Crippen molar-refractivity contribution in [1.29, 1.82) is 0 Å². The van der Waals surface area contributed by atoms with Crippen molar-refractivity contribution in [3.8, 4) is 0 Å². The molecule has 0 bridgehead atoms. The lowest BCUT2D eigenvalue weighted by molar-refractivity contribution is -0.350. The monoisotopic (exact) mass is 158 g/mol. The zero-order chi connectivity index (χ0) is 7.73. The van der Waals surface area contributed by atoms with Gasteiger partial charge in [0.2, 0.25) is 0 Å². The average Bonchev–Trinajstić information content (AvgIpc) is 2.34. The van der Waals surface area contributed by atoms with Gasteiger partial charge in [-0.3, -0.25) is 0 Å². The molecule has 2 rings (SSSR count). The summed E-state index contributed by atoms with van der Waals surface area (Å²) in [4.78, 5) is 0. The molecule has 3 heteroatoms. The summed E-state index contributed by atoms with van der Waals surface area (Å²) in [6.45, 7) is 3.44. The Bertz CT molecular complexity index is 135. The van der Waals surface area contributed by atoms with E-state index in [1.807, 2.05) is 6.92 Å². The van der Waals surface area contributed by atoms with Crippen molar-refractivity contribution in [2.45, 2.75) is 38.3 Å². The van der Waals surface area contributed by atoms with E-state index >= 15 is 0 Å². The van der Waals surface area contributed by atoms with Crippen LogP contribution in [0, 0.1) is 0 Å². The summed E-state index contributed by atoms with van der Waals surface area (Å²) in [6, 6.07) is 0. The molecule has 0 aliphatic carbocycles. The maximum atomic E-state index is 5.55. The van der Waals surface area contributed by atoms with Gasteiger partial charge in [0.15, 0.2) is 0 Å². The Hall–Kier alpha value is -0.120. The van der Waals surface area contributed by atoms with Gasteiger partial charge < -0.3 is 14.2 Å². The molecule has 0 N–H and O–H groups in total. The Labute approximate surface area is 66.6 Å². The molecule has 2 aliphatic heterocycles. The van der Waals surface area contributed by atoms with E-state index in [1.165, 1.54) is 0 Å². The fourth-order valence-corrected chi connectivity index (χ4v) is 1.57. The molecule has 1 spiro atoms. The lowest BCUT2D eigenvalue weighted by atomic mass is 10.2. The second-order valence-electron chi connectivity index (χ2n) is 3.23. The summed E-state index contributed by atoms with van der Waals surface area (Å²) < 4.78 is 16.4. The summed E-state index contributed by atoms with van der Waals surface area (Å²) in [7, 11) is 0. The SMILES string of the molecule is CC1COC2(CCCCO2)O1. The first-order valence-corrected chi connectivity index (χ1v) is 4.26. The topological polar surface area (TPSA) is 27.7 Å². The maximum Gasteiger partial charge on any atom is 0.283 e. The third-order valence-electron chi connectivity index (χ3n) is 2.12. The van der Waals surface area contributed by atoms with E-state index in [1.54, 1.807) is 0 Å². The van der Waals surface area contributed by atoms with Crippen LogP contribution >= 0.6 is 0 Å². The molecule has 2 atom stereocenters. The molecule has 3 nitrogen and oxygen atoms in total. The van der Waals surface area contributed by atoms with E-state index in [2.05, 4.69) is 0 Å². The average molecular weight is 158 g/mol. The summed E-state index contributed by atoms with van der Waals surface area (Å²) in [6.07, 6.45) is 3.35. The Morgan fingerprint density at radius 1 is 1.27 bits per heavy atom. The molecule has 0 aromatic heterocycles. The third kappa shape index (κ3) is 1.41. The number of ether oxygens (including phenoxy) is 3. The zero-order valence-electron chi connectivity index (χ0n) is 6.84. The highest BCUT2D eigenvalue weighted by atomic mass is 16.9. The summed E-state index contributed by atoms with van der Waals surface area (Å²) in [5, 5.41) is 0. The van der Waals surface area contributed by atoms with Crippen LogP contribution in [-0.2, 0) is 14.2 Å². The Balaban J connectivity index is 1.98. The van der Waals surface area contributed by atoms with Crippen LogP contribution in [0.4, 0.5) is 0 Å². The molecule has 0 aromatic carbocycles. The molecule has 0 saturated carbocycles. The molecule has 2 aliphatic rings. The first kappa shape index (κ1) is 7.53. The number of hydrogen-bond donors (Lipinski definition) is 0. The van der Waals surface area contributed by atoms with Crippen molar-refractivity contribution in [2.75, 3.05) is 13.2 Å². The highest BCUT2D eigenvalue weighted by Crippen LogP contribution is 2.33. The highest BCUT2D eigenvalue weighted by Gasteiger charge is 2.42. The number of hydrogen-bond acceptors (Lipinski definition) is 3. The molecule has 64 valence electrons. The predicted octanol–water partition coefficient (Wildman–Crippen LogP) is 1.28. The van der Waals surface area contributed by atoms with Crippen molar-refractivity contribution < 1.29 is 14.2 Å². The lowest BCUT2D eigenvalue weighted by Crippen LogP contribution is -2.37. The zero-order valence-corrected chi connectivity index (χ0v) is 6.84. The lowest BCUT2D eigenvalue weighted by Gasteiger charge is -2.31.